The maximum absolute atomic E-state index is 12.4. The summed E-state index contributed by atoms with van der Waals surface area (Å²) in [4.78, 5) is 28.5. The SMILES string of the molecule is CC(Oc1cc2oc(=O)cc(-c3ccccc3)c2cc1Cl)C(=O)NCc1ccncc1. The maximum Gasteiger partial charge on any atom is 0.336 e. The topological polar surface area (TPSA) is 81.4 Å². The van der Waals surface area contributed by atoms with Gasteiger partial charge in [-0.05, 0) is 41.8 Å². The summed E-state index contributed by atoms with van der Waals surface area (Å²) < 4.78 is 11.1. The number of ether oxygens (including phenoxy) is 1. The van der Waals surface area contributed by atoms with E-state index in [1.807, 2.05) is 42.5 Å². The van der Waals surface area contributed by atoms with E-state index < -0.39 is 11.7 Å². The Labute approximate surface area is 183 Å². The Morgan fingerprint density at radius 2 is 1.87 bits per heavy atom. The molecule has 156 valence electrons. The number of amides is 1. The number of pyridine rings is 1. The van der Waals surface area contributed by atoms with Gasteiger partial charge in [0.2, 0.25) is 0 Å². The summed E-state index contributed by atoms with van der Waals surface area (Å²) >= 11 is 6.44. The van der Waals surface area contributed by atoms with Gasteiger partial charge in [0.25, 0.3) is 5.91 Å². The van der Waals surface area contributed by atoms with Crippen LogP contribution in [0.4, 0.5) is 0 Å². The average Bonchev–Trinajstić information content (AvgIpc) is 2.79. The van der Waals surface area contributed by atoms with Crippen LogP contribution in [-0.2, 0) is 11.3 Å². The number of fused-ring (bicyclic) bond motifs is 1. The number of benzene rings is 2. The largest absolute Gasteiger partial charge is 0.479 e. The van der Waals surface area contributed by atoms with Gasteiger partial charge in [-0.25, -0.2) is 4.79 Å². The minimum atomic E-state index is -0.805. The van der Waals surface area contributed by atoms with Gasteiger partial charge >= 0.3 is 5.63 Å². The molecule has 4 rings (SSSR count). The second kappa shape index (κ2) is 9.02. The Kier molecular flexibility index (Phi) is 6.00. The van der Waals surface area contributed by atoms with Crippen LogP contribution in [0.15, 0.2) is 82.3 Å². The van der Waals surface area contributed by atoms with Crippen molar-refractivity contribution < 1.29 is 13.9 Å². The van der Waals surface area contributed by atoms with Gasteiger partial charge in [-0.1, -0.05) is 41.9 Å². The van der Waals surface area contributed by atoms with Crippen molar-refractivity contribution in [2.45, 2.75) is 19.6 Å². The Bertz CT molecular complexity index is 1270. The number of carbonyl (C=O) groups excluding carboxylic acids is 1. The second-order valence-electron chi connectivity index (χ2n) is 6.96. The fourth-order valence-corrected chi connectivity index (χ4v) is 3.40. The molecule has 0 aliphatic carbocycles. The van der Waals surface area contributed by atoms with Crippen LogP contribution in [0.1, 0.15) is 12.5 Å². The number of nitrogens with zero attached hydrogens (tertiary/aromatic N) is 1. The van der Waals surface area contributed by atoms with Crippen molar-refractivity contribution in [2.75, 3.05) is 0 Å². The highest BCUT2D eigenvalue weighted by molar-refractivity contribution is 6.33. The van der Waals surface area contributed by atoms with Crippen molar-refractivity contribution in [1.29, 1.82) is 0 Å². The molecule has 4 aromatic rings. The summed E-state index contributed by atoms with van der Waals surface area (Å²) in [6.45, 7) is 1.98. The smallest absolute Gasteiger partial charge is 0.336 e. The van der Waals surface area contributed by atoms with Crippen LogP contribution in [0, 0.1) is 0 Å². The predicted octanol–water partition coefficient (Wildman–Crippen LogP) is 4.59. The van der Waals surface area contributed by atoms with Gasteiger partial charge in [0.05, 0.1) is 5.02 Å². The minimum absolute atomic E-state index is 0.258. The van der Waals surface area contributed by atoms with Crippen molar-refractivity contribution in [2.24, 2.45) is 0 Å². The lowest BCUT2D eigenvalue weighted by molar-refractivity contribution is -0.127. The van der Waals surface area contributed by atoms with Crippen LogP contribution >= 0.6 is 11.6 Å². The number of hydrogen-bond donors (Lipinski definition) is 1. The van der Waals surface area contributed by atoms with Crippen LogP contribution in [0.5, 0.6) is 5.75 Å². The van der Waals surface area contributed by atoms with Gasteiger partial charge in [-0.3, -0.25) is 9.78 Å². The second-order valence-corrected chi connectivity index (χ2v) is 7.36. The normalized spacial score (nSPS) is 11.8. The van der Waals surface area contributed by atoms with Gasteiger partial charge in [0.15, 0.2) is 6.10 Å². The minimum Gasteiger partial charge on any atom is -0.479 e. The van der Waals surface area contributed by atoms with Gasteiger partial charge in [0.1, 0.15) is 11.3 Å². The lowest BCUT2D eigenvalue weighted by Crippen LogP contribution is -2.35. The van der Waals surface area contributed by atoms with E-state index in [-0.39, 0.29) is 11.7 Å². The standard InChI is InChI=1S/C24H19ClN2O4/c1-15(24(29)27-14-16-7-9-26-10-8-16)30-22-13-21-19(11-20(22)25)18(12-23(28)31-21)17-5-3-2-4-6-17/h2-13,15H,14H2,1H3,(H,27,29). The summed E-state index contributed by atoms with van der Waals surface area (Å²) in [5.41, 5.74) is 2.35. The Hall–Kier alpha value is -3.64. The fraction of sp³-hybridized carbons (Fsp3) is 0.125. The quantitative estimate of drug-likeness (QED) is 0.449. The average molecular weight is 435 g/mol. The van der Waals surface area contributed by atoms with Gasteiger partial charge in [-0.15, -0.1) is 0 Å². The molecular weight excluding hydrogens is 416 g/mol. The highest BCUT2D eigenvalue weighted by Crippen LogP contribution is 2.35. The molecule has 0 fully saturated rings. The first-order chi connectivity index (χ1) is 15.0. The molecule has 2 heterocycles. The third-order valence-corrected chi connectivity index (χ3v) is 5.07. The Morgan fingerprint density at radius 3 is 2.61 bits per heavy atom. The van der Waals surface area contributed by atoms with E-state index in [0.29, 0.717) is 28.1 Å². The first-order valence-corrected chi connectivity index (χ1v) is 10.0. The molecule has 6 nitrogen and oxygen atoms in total. The van der Waals surface area contributed by atoms with Crippen molar-refractivity contribution in [1.82, 2.24) is 10.3 Å². The molecule has 0 spiro atoms. The zero-order valence-electron chi connectivity index (χ0n) is 16.7. The summed E-state index contributed by atoms with van der Waals surface area (Å²) in [5, 5.41) is 3.80. The summed E-state index contributed by atoms with van der Waals surface area (Å²) in [6.07, 6.45) is 2.52. The summed E-state index contributed by atoms with van der Waals surface area (Å²) in [7, 11) is 0. The molecular formula is C24H19ClN2O4. The van der Waals surface area contributed by atoms with E-state index in [1.165, 1.54) is 12.1 Å². The lowest BCUT2D eigenvalue weighted by atomic mass is 10.0. The monoisotopic (exact) mass is 434 g/mol. The zero-order chi connectivity index (χ0) is 21.8. The number of carbonyl (C=O) groups is 1. The van der Waals surface area contributed by atoms with E-state index in [4.69, 9.17) is 20.8 Å². The molecule has 2 aromatic carbocycles. The van der Waals surface area contributed by atoms with Crippen molar-refractivity contribution in [3.63, 3.8) is 0 Å². The third kappa shape index (κ3) is 4.75. The molecule has 0 saturated heterocycles. The molecule has 0 aliphatic rings. The number of halogens is 1. The lowest BCUT2D eigenvalue weighted by Gasteiger charge is -2.16. The van der Waals surface area contributed by atoms with Crippen molar-refractivity contribution in [3.8, 4) is 16.9 Å². The molecule has 0 aliphatic heterocycles. The number of hydrogen-bond acceptors (Lipinski definition) is 5. The predicted molar refractivity (Wildman–Crippen MR) is 119 cm³/mol. The van der Waals surface area contributed by atoms with Crippen LogP contribution in [0.25, 0.3) is 22.1 Å². The summed E-state index contributed by atoms with van der Waals surface area (Å²) in [6, 6.07) is 17.8. The van der Waals surface area contributed by atoms with E-state index in [2.05, 4.69) is 10.3 Å². The van der Waals surface area contributed by atoms with Crippen molar-refractivity contribution >= 4 is 28.5 Å². The Morgan fingerprint density at radius 1 is 1.13 bits per heavy atom. The zero-order valence-corrected chi connectivity index (χ0v) is 17.4. The van der Waals surface area contributed by atoms with Crippen LogP contribution < -0.4 is 15.7 Å². The molecule has 0 bridgehead atoms. The van der Waals surface area contributed by atoms with Crippen LogP contribution in [-0.4, -0.2) is 17.0 Å². The first kappa shape index (κ1) is 20.6. The van der Waals surface area contributed by atoms with Crippen molar-refractivity contribution in [3.05, 3.63) is 94.1 Å². The first-order valence-electron chi connectivity index (χ1n) is 9.67. The molecule has 1 amide bonds. The van der Waals surface area contributed by atoms with Crippen LogP contribution in [0.3, 0.4) is 0 Å². The third-order valence-electron chi connectivity index (χ3n) is 4.77. The van der Waals surface area contributed by atoms with Crippen LogP contribution in [0.2, 0.25) is 5.02 Å². The van der Waals surface area contributed by atoms with Gasteiger partial charge in [-0.2, -0.15) is 0 Å². The summed E-state index contributed by atoms with van der Waals surface area (Å²) in [5.74, 6) is -0.0402. The number of aromatic nitrogens is 1. The van der Waals surface area contributed by atoms with E-state index in [9.17, 15) is 9.59 Å². The highest BCUT2D eigenvalue weighted by Gasteiger charge is 2.18. The molecule has 2 aromatic heterocycles. The van der Waals surface area contributed by atoms with Gasteiger partial charge in [0, 0.05) is 36.5 Å². The number of rotatable bonds is 6. The van der Waals surface area contributed by atoms with E-state index in [1.54, 1.807) is 25.4 Å². The molecule has 1 atom stereocenters. The Balaban J connectivity index is 1.57. The highest BCUT2D eigenvalue weighted by atomic mass is 35.5. The maximum atomic E-state index is 12.4. The van der Waals surface area contributed by atoms with E-state index >= 15 is 0 Å². The molecule has 0 saturated carbocycles. The molecule has 1 N–H and O–H groups in total. The molecule has 0 radical (unpaired) electrons. The van der Waals surface area contributed by atoms with Gasteiger partial charge < -0.3 is 14.5 Å². The van der Waals surface area contributed by atoms with E-state index in [0.717, 1.165) is 11.1 Å². The molecule has 1 unspecified atom stereocenters. The molecule has 7 heteroatoms. The molecule has 31 heavy (non-hydrogen) atoms. The number of nitrogens with one attached hydrogen (secondary N) is 1. The fourth-order valence-electron chi connectivity index (χ4n) is 3.19.